The maximum absolute atomic E-state index is 13.8. The Morgan fingerprint density at radius 1 is 1.12 bits per heavy atom. The summed E-state index contributed by atoms with van der Waals surface area (Å²) in [5, 5.41) is 0. The highest BCUT2D eigenvalue weighted by molar-refractivity contribution is 9.12. The van der Waals surface area contributed by atoms with Crippen molar-refractivity contribution in [1.82, 2.24) is 0 Å². The molecule has 2 rings (SSSR count). The van der Waals surface area contributed by atoms with Gasteiger partial charge in [-0.3, -0.25) is 4.79 Å². The minimum absolute atomic E-state index is 0.375. The monoisotopic (exact) mass is 344 g/mol. The normalized spacial score (nSPS) is 20.4. The first-order valence-corrected chi connectivity index (χ1v) is 6.20. The quantitative estimate of drug-likeness (QED) is 0.751. The van der Waals surface area contributed by atoms with Gasteiger partial charge in [-0.25, -0.2) is 4.39 Å². The molecule has 0 aliphatic heterocycles. The van der Waals surface area contributed by atoms with Gasteiger partial charge < -0.3 is 0 Å². The topological polar surface area (TPSA) is 17.1 Å². The third-order valence-corrected chi connectivity index (χ3v) is 3.70. The van der Waals surface area contributed by atoms with Crippen LogP contribution in [0.5, 0.6) is 0 Å². The fourth-order valence-corrected chi connectivity index (χ4v) is 2.58. The molecule has 4 heteroatoms. The number of rotatable bonds is 1. The average molecular weight is 346 g/mol. The van der Waals surface area contributed by atoms with Crippen LogP contribution in [-0.2, 0) is 4.79 Å². The summed E-state index contributed by atoms with van der Waals surface area (Å²) in [4.78, 5) is 11.3. The lowest BCUT2D eigenvalue weighted by Gasteiger charge is -2.17. The summed E-state index contributed by atoms with van der Waals surface area (Å²) in [6.07, 6.45) is 1.22. The van der Waals surface area contributed by atoms with E-state index >= 15 is 0 Å². The molecule has 0 heterocycles. The van der Waals surface area contributed by atoms with E-state index in [9.17, 15) is 9.18 Å². The van der Waals surface area contributed by atoms with Crippen molar-refractivity contribution in [2.75, 3.05) is 0 Å². The molecule has 1 atom stereocenters. The summed E-state index contributed by atoms with van der Waals surface area (Å²) in [6, 6.07) is 7.25. The molecule has 0 fully saturated rings. The highest BCUT2D eigenvalue weighted by Gasteiger charge is 2.27. The number of alkyl halides is 1. The summed E-state index contributed by atoms with van der Waals surface area (Å²) in [6.45, 7) is 0. The first-order chi connectivity index (χ1) is 7.61. The van der Waals surface area contributed by atoms with Crippen LogP contribution in [0.25, 0.3) is 5.57 Å². The second kappa shape index (κ2) is 4.63. The smallest absolute Gasteiger partial charge is 0.194 e. The van der Waals surface area contributed by atoms with Gasteiger partial charge in [-0.1, -0.05) is 50.1 Å². The molecular weight excluding hydrogens is 339 g/mol. The Labute approximate surface area is 109 Å². The van der Waals surface area contributed by atoms with Gasteiger partial charge in [0.1, 0.15) is 0 Å². The van der Waals surface area contributed by atoms with E-state index in [4.69, 9.17) is 0 Å². The summed E-state index contributed by atoms with van der Waals surface area (Å²) in [5.74, 6) is -0.519. The molecule has 1 nitrogen and oxygen atoms in total. The van der Waals surface area contributed by atoms with Crippen molar-refractivity contribution in [2.24, 2.45) is 0 Å². The predicted molar refractivity (Wildman–Crippen MR) is 69.0 cm³/mol. The van der Waals surface area contributed by atoms with Crippen molar-refractivity contribution >= 4 is 43.2 Å². The van der Waals surface area contributed by atoms with Crippen LogP contribution < -0.4 is 0 Å². The van der Waals surface area contributed by atoms with Crippen molar-refractivity contribution in [3.63, 3.8) is 0 Å². The summed E-state index contributed by atoms with van der Waals surface area (Å²) < 4.78 is 15.2. The Morgan fingerprint density at radius 3 is 2.50 bits per heavy atom. The molecule has 0 amide bonds. The molecular formula is C12H7Br2FO. The fraction of sp³-hybridized carbons (Fsp3) is 0.0833. The first kappa shape index (κ1) is 11.7. The lowest BCUT2D eigenvalue weighted by Crippen LogP contribution is -2.18. The number of halogens is 3. The molecule has 1 aliphatic carbocycles. The minimum atomic E-state index is -1.60. The Kier molecular flexibility index (Phi) is 3.40. The number of carbonyl (C=O) groups excluding carboxylic acids is 1. The molecule has 1 unspecified atom stereocenters. The van der Waals surface area contributed by atoms with E-state index in [0.717, 1.165) is 4.47 Å². The fourth-order valence-electron chi connectivity index (χ4n) is 1.54. The molecule has 1 aromatic rings. The second-order valence-corrected chi connectivity index (χ2v) is 5.05. The molecule has 0 bridgehead atoms. The SMILES string of the molecule is O=C1C=CC(Br)=C(c2ccccc2Br)C1F. The van der Waals surface area contributed by atoms with Gasteiger partial charge in [0, 0.05) is 14.5 Å². The number of allylic oxidation sites excluding steroid dienone is 4. The van der Waals surface area contributed by atoms with E-state index in [2.05, 4.69) is 31.9 Å². The van der Waals surface area contributed by atoms with Crippen molar-refractivity contribution in [3.8, 4) is 0 Å². The van der Waals surface area contributed by atoms with Gasteiger partial charge in [0.2, 0.25) is 0 Å². The molecule has 82 valence electrons. The summed E-state index contributed by atoms with van der Waals surface area (Å²) >= 11 is 6.62. The maximum Gasteiger partial charge on any atom is 0.194 e. The van der Waals surface area contributed by atoms with Crippen LogP contribution >= 0.6 is 31.9 Å². The zero-order valence-corrected chi connectivity index (χ0v) is 11.3. The molecule has 0 saturated heterocycles. The Balaban J connectivity index is 2.59. The van der Waals surface area contributed by atoms with E-state index in [1.54, 1.807) is 12.1 Å². The second-order valence-electron chi connectivity index (χ2n) is 3.34. The Hall–Kier alpha value is -0.740. The van der Waals surface area contributed by atoms with Crippen LogP contribution in [-0.4, -0.2) is 12.0 Å². The molecule has 0 saturated carbocycles. The Morgan fingerprint density at radius 2 is 1.81 bits per heavy atom. The lowest BCUT2D eigenvalue weighted by molar-refractivity contribution is -0.117. The van der Waals surface area contributed by atoms with E-state index in [1.807, 2.05) is 18.2 Å². The summed E-state index contributed by atoms with van der Waals surface area (Å²) in [7, 11) is 0. The number of benzene rings is 1. The third-order valence-electron chi connectivity index (χ3n) is 2.32. The van der Waals surface area contributed by atoms with Crippen LogP contribution in [0.2, 0.25) is 0 Å². The number of carbonyl (C=O) groups is 1. The summed E-state index contributed by atoms with van der Waals surface area (Å²) in [5.41, 5.74) is 1.07. The highest BCUT2D eigenvalue weighted by Crippen LogP contribution is 2.35. The van der Waals surface area contributed by atoms with Gasteiger partial charge in [0.25, 0.3) is 0 Å². The van der Waals surface area contributed by atoms with Crippen LogP contribution in [0.3, 0.4) is 0 Å². The van der Waals surface area contributed by atoms with Gasteiger partial charge in [0.15, 0.2) is 12.0 Å². The number of hydrogen-bond acceptors (Lipinski definition) is 1. The molecule has 0 N–H and O–H groups in total. The van der Waals surface area contributed by atoms with Crippen LogP contribution in [0.15, 0.2) is 45.4 Å². The van der Waals surface area contributed by atoms with Crippen LogP contribution in [0.1, 0.15) is 5.56 Å². The van der Waals surface area contributed by atoms with Crippen molar-refractivity contribution in [2.45, 2.75) is 6.17 Å². The number of hydrogen-bond donors (Lipinski definition) is 0. The predicted octanol–water partition coefficient (Wildman–Crippen LogP) is 4.03. The lowest BCUT2D eigenvalue weighted by atomic mass is 9.95. The third kappa shape index (κ3) is 2.04. The van der Waals surface area contributed by atoms with Gasteiger partial charge in [0.05, 0.1) is 0 Å². The Bertz CT molecular complexity index is 505. The molecule has 16 heavy (non-hydrogen) atoms. The van der Waals surface area contributed by atoms with E-state index in [1.165, 1.54) is 6.08 Å². The molecule has 1 aromatic carbocycles. The van der Waals surface area contributed by atoms with Gasteiger partial charge >= 0.3 is 0 Å². The molecule has 0 aromatic heterocycles. The zero-order valence-electron chi connectivity index (χ0n) is 8.08. The minimum Gasteiger partial charge on any atom is -0.291 e. The average Bonchev–Trinajstić information content (AvgIpc) is 2.27. The van der Waals surface area contributed by atoms with Gasteiger partial charge in [-0.2, -0.15) is 0 Å². The highest BCUT2D eigenvalue weighted by atomic mass is 79.9. The standard InChI is InChI=1S/C12H7Br2FO/c13-8-4-2-1-3-7(8)11-9(14)5-6-10(16)12(11)15/h1-6,12H. The van der Waals surface area contributed by atoms with E-state index in [-0.39, 0.29) is 0 Å². The van der Waals surface area contributed by atoms with Gasteiger partial charge in [-0.15, -0.1) is 0 Å². The largest absolute Gasteiger partial charge is 0.291 e. The molecule has 1 aliphatic rings. The zero-order chi connectivity index (χ0) is 11.7. The van der Waals surface area contributed by atoms with E-state index in [0.29, 0.717) is 15.6 Å². The van der Waals surface area contributed by atoms with Crippen LogP contribution in [0.4, 0.5) is 4.39 Å². The van der Waals surface area contributed by atoms with Crippen molar-refractivity contribution in [3.05, 3.63) is 50.9 Å². The molecule has 0 radical (unpaired) electrons. The van der Waals surface area contributed by atoms with Crippen molar-refractivity contribution in [1.29, 1.82) is 0 Å². The van der Waals surface area contributed by atoms with Crippen molar-refractivity contribution < 1.29 is 9.18 Å². The molecule has 0 spiro atoms. The maximum atomic E-state index is 13.8. The van der Waals surface area contributed by atoms with E-state index < -0.39 is 12.0 Å². The first-order valence-electron chi connectivity index (χ1n) is 4.62. The van der Waals surface area contributed by atoms with Gasteiger partial charge in [-0.05, 0) is 23.8 Å². The number of ketones is 1. The van der Waals surface area contributed by atoms with Crippen LogP contribution in [0, 0.1) is 0 Å².